The topological polar surface area (TPSA) is 69.4 Å². The van der Waals surface area contributed by atoms with Gasteiger partial charge in [-0.15, -0.1) is 0 Å². The molecule has 1 fully saturated rings. The smallest absolute Gasteiger partial charge is 0.211 e. The maximum atomic E-state index is 11.4. The van der Waals surface area contributed by atoms with Crippen LogP contribution in [0.3, 0.4) is 0 Å². The van der Waals surface area contributed by atoms with Gasteiger partial charge in [-0.3, -0.25) is 0 Å². The van der Waals surface area contributed by atoms with Crippen molar-refractivity contribution >= 4 is 32.6 Å². The number of hydrogen-bond acceptors (Lipinski definition) is 3. The summed E-state index contributed by atoms with van der Waals surface area (Å²) in [5, 5.41) is 4.74. The minimum Gasteiger partial charge on any atom is -0.381 e. The normalized spacial score (nSPS) is 25.4. The van der Waals surface area contributed by atoms with E-state index < -0.39 is 15.3 Å². The Morgan fingerprint density at radius 2 is 2.05 bits per heavy atom. The Labute approximate surface area is 134 Å². The number of hydrogen-bond donors (Lipinski definition) is 1. The molecule has 0 spiro atoms. The monoisotopic (exact) mass is 409 g/mol. The van der Waals surface area contributed by atoms with Crippen molar-refractivity contribution in [3.63, 3.8) is 0 Å². The molecule has 1 saturated heterocycles. The van der Waals surface area contributed by atoms with E-state index in [0.29, 0.717) is 25.6 Å². The minimum absolute atomic E-state index is 0.255. The van der Waals surface area contributed by atoms with Gasteiger partial charge in [0.15, 0.2) is 0 Å². The van der Waals surface area contributed by atoms with Crippen molar-refractivity contribution < 1.29 is 13.2 Å². The predicted molar refractivity (Wildman–Crippen MR) is 88.0 cm³/mol. The highest BCUT2D eigenvalue weighted by atomic mass is 127. The Balaban J connectivity index is 2.15. The van der Waals surface area contributed by atoms with Gasteiger partial charge in [0.2, 0.25) is 10.0 Å². The van der Waals surface area contributed by atoms with Crippen molar-refractivity contribution in [1.29, 1.82) is 0 Å². The molecule has 4 nitrogen and oxygen atoms in total. The summed E-state index contributed by atoms with van der Waals surface area (Å²) in [5.41, 5.74) is 1.22. The zero-order chi connectivity index (χ0) is 14.8. The van der Waals surface area contributed by atoms with Crippen molar-refractivity contribution in [1.82, 2.24) is 0 Å². The summed E-state index contributed by atoms with van der Waals surface area (Å²) in [5.74, 6) is 0.557. The third kappa shape index (κ3) is 4.16. The fraction of sp³-hybridized carbons (Fsp3) is 0.571. The molecule has 1 aromatic carbocycles. The quantitative estimate of drug-likeness (QED) is 0.777. The standard InChI is InChI=1S/C14H20INO3S/c1-10(20(16,17)18)8-12-6-7-19-9-14(12)11-2-4-13(15)5-3-11/h2-5,10,12,14H,6-9H2,1H3,(H2,16,17,18)/t10?,12-,14+/m0/s1. The fourth-order valence-electron chi connectivity index (χ4n) is 2.70. The number of nitrogens with two attached hydrogens (primary N) is 1. The van der Waals surface area contributed by atoms with Crippen molar-refractivity contribution in [2.45, 2.75) is 30.9 Å². The molecule has 2 N–H and O–H groups in total. The Morgan fingerprint density at radius 3 is 2.65 bits per heavy atom. The van der Waals surface area contributed by atoms with Gasteiger partial charge in [-0.2, -0.15) is 0 Å². The molecule has 112 valence electrons. The third-order valence-electron chi connectivity index (χ3n) is 3.99. The molecule has 1 heterocycles. The average molecular weight is 409 g/mol. The molecule has 1 aromatic rings. The molecule has 3 atom stereocenters. The summed E-state index contributed by atoms with van der Waals surface area (Å²) in [6, 6.07) is 8.36. The van der Waals surface area contributed by atoms with Crippen LogP contribution in [0.2, 0.25) is 0 Å². The summed E-state index contributed by atoms with van der Waals surface area (Å²) in [6.45, 7) is 3.04. The lowest BCUT2D eigenvalue weighted by Crippen LogP contribution is -2.33. The zero-order valence-corrected chi connectivity index (χ0v) is 14.4. The second kappa shape index (κ2) is 6.72. The summed E-state index contributed by atoms with van der Waals surface area (Å²) in [4.78, 5) is 0. The third-order valence-corrected chi connectivity index (χ3v) is 6.03. The molecule has 0 aromatic heterocycles. The molecule has 0 bridgehead atoms. The Kier molecular flexibility index (Phi) is 5.44. The first-order valence-electron chi connectivity index (χ1n) is 6.72. The molecule has 0 radical (unpaired) electrons. The van der Waals surface area contributed by atoms with Crippen LogP contribution < -0.4 is 5.14 Å². The summed E-state index contributed by atoms with van der Waals surface area (Å²) < 4.78 is 29.7. The van der Waals surface area contributed by atoms with E-state index in [1.165, 1.54) is 9.13 Å². The maximum Gasteiger partial charge on any atom is 0.211 e. The SMILES string of the molecule is CC(C[C@@H]1CCOC[C@@H]1c1ccc(I)cc1)S(N)(=O)=O. The number of benzene rings is 1. The van der Waals surface area contributed by atoms with Gasteiger partial charge in [-0.25, -0.2) is 13.6 Å². The lowest BCUT2D eigenvalue weighted by atomic mass is 9.80. The van der Waals surface area contributed by atoms with Gasteiger partial charge in [0, 0.05) is 16.1 Å². The van der Waals surface area contributed by atoms with Gasteiger partial charge in [0.05, 0.1) is 11.9 Å². The van der Waals surface area contributed by atoms with Crippen LogP contribution in [0.5, 0.6) is 0 Å². The fourth-order valence-corrected chi connectivity index (χ4v) is 3.58. The predicted octanol–water partition coefficient (Wildman–Crippen LogP) is 2.48. The number of rotatable bonds is 4. The van der Waals surface area contributed by atoms with E-state index in [1.807, 2.05) is 0 Å². The van der Waals surface area contributed by atoms with Crippen LogP contribution in [-0.2, 0) is 14.8 Å². The number of primary sulfonamides is 1. The van der Waals surface area contributed by atoms with Crippen LogP contribution in [0, 0.1) is 9.49 Å². The highest BCUT2D eigenvalue weighted by Crippen LogP contribution is 2.35. The largest absolute Gasteiger partial charge is 0.381 e. The Hall–Kier alpha value is -0.180. The first kappa shape index (κ1) is 16.2. The molecular weight excluding hydrogens is 389 g/mol. The second-order valence-electron chi connectivity index (χ2n) is 5.42. The van der Waals surface area contributed by atoms with E-state index in [4.69, 9.17) is 9.88 Å². The van der Waals surface area contributed by atoms with E-state index in [1.54, 1.807) is 6.92 Å². The van der Waals surface area contributed by atoms with E-state index in [0.717, 1.165) is 6.42 Å². The van der Waals surface area contributed by atoms with Gasteiger partial charge < -0.3 is 4.74 Å². The molecule has 1 aliphatic rings. The van der Waals surface area contributed by atoms with Crippen LogP contribution >= 0.6 is 22.6 Å². The average Bonchev–Trinajstić information content (AvgIpc) is 2.39. The van der Waals surface area contributed by atoms with Crippen LogP contribution in [0.25, 0.3) is 0 Å². The van der Waals surface area contributed by atoms with Gasteiger partial charge in [-0.05, 0) is 66.0 Å². The molecule has 1 aliphatic heterocycles. The first-order chi connectivity index (χ1) is 9.38. The van der Waals surface area contributed by atoms with Crippen LogP contribution in [0.4, 0.5) is 0 Å². The lowest BCUT2D eigenvalue weighted by Gasteiger charge is -2.33. The molecule has 6 heteroatoms. The first-order valence-corrected chi connectivity index (χ1v) is 9.41. The molecule has 0 saturated carbocycles. The van der Waals surface area contributed by atoms with E-state index >= 15 is 0 Å². The lowest BCUT2D eigenvalue weighted by molar-refractivity contribution is 0.0442. The molecule has 20 heavy (non-hydrogen) atoms. The molecule has 0 aliphatic carbocycles. The highest BCUT2D eigenvalue weighted by molar-refractivity contribution is 14.1. The van der Waals surface area contributed by atoms with Crippen LogP contribution in [0.15, 0.2) is 24.3 Å². The van der Waals surface area contributed by atoms with Crippen molar-refractivity contribution in [2.75, 3.05) is 13.2 Å². The zero-order valence-electron chi connectivity index (χ0n) is 11.5. The maximum absolute atomic E-state index is 11.4. The van der Waals surface area contributed by atoms with Gasteiger partial charge >= 0.3 is 0 Å². The van der Waals surface area contributed by atoms with E-state index in [-0.39, 0.29) is 5.92 Å². The Morgan fingerprint density at radius 1 is 1.40 bits per heavy atom. The van der Waals surface area contributed by atoms with Crippen molar-refractivity contribution in [3.05, 3.63) is 33.4 Å². The van der Waals surface area contributed by atoms with Crippen molar-refractivity contribution in [2.24, 2.45) is 11.1 Å². The molecule has 1 unspecified atom stereocenters. The summed E-state index contributed by atoms with van der Waals surface area (Å²) in [6.07, 6.45) is 1.48. The number of sulfonamides is 1. The van der Waals surface area contributed by atoms with Crippen LogP contribution in [-0.4, -0.2) is 26.9 Å². The number of ether oxygens (including phenoxy) is 1. The summed E-state index contributed by atoms with van der Waals surface area (Å²) in [7, 11) is -3.46. The van der Waals surface area contributed by atoms with Crippen LogP contribution in [0.1, 0.15) is 31.2 Å². The van der Waals surface area contributed by atoms with Gasteiger partial charge in [0.25, 0.3) is 0 Å². The van der Waals surface area contributed by atoms with Crippen molar-refractivity contribution in [3.8, 4) is 0 Å². The minimum atomic E-state index is -3.46. The number of halogens is 1. The molecule has 0 amide bonds. The Bertz CT molecular complexity index is 544. The molecular formula is C14H20INO3S. The van der Waals surface area contributed by atoms with Gasteiger partial charge in [-0.1, -0.05) is 12.1 Å². The van der Waals surface area contributed by atoms with Gasteiger partial charge in [0.1, 0.15) is 0 Å². The summed E-state index contributed by atoms with van der Waals surface area (Å²) >= 11 is 2.28. The highest BCUT2D eigenvalue weighted by Gasteiger charge is 2.31. The van der Waals surface area contributed by atoms with E-state index in [2.05, 4.69) is 46.9 Å². The molecule has 2 rings (SSSR count). The second-order valence-corrected chi connectivity index (χ2v) is 8.65. The van der Waals surface area contributed by atoms with E-state index in [9.17, 15) is 8.42 Å².